The Morgan fingerprint density at radius 2 is 1.93 bits per heavy atom. The monoisotopic (exact) mass is 384 g/mol. The zero-order valence-electron chi connectivity index (χ0n) is 16.4. The molecule has 8 nitrogen and oxygen atoms in total. The number of primary amides is 1. The minimum Gasteiger partial charge on any atom is -0.364 e. The normalized spacial score (nSPS) is 24.4. The van der Waals surface area contributed by atoms with Crippen LogP contribution in [0.1, 0.15) is 55.6 Å². The molecule has 0 saturated carbocycles. The molecule has 0 aliphatic carbocycles. The molecule has 8 heteroatoms. The second-order valence-corrected chi connectivity index (χ2v) is 7.95. The standard InChI is InChI=1S/C20H28N6O2/c1-3-8-22-20(28)23-12-4-7-16-17(9-12)26(24-18(16)19(21)27)15-10-13-5-6-14(11-15)25(13)2/h4,7,9,13-15H,3,5-6,8,10-11H2,1-2H3,(H2,21,27)(H2,22,23,28). The smallest absolute Gasteiger partial charge is 0.319 e. The molecule has 1 aromatic heterocycles. The maximum absolute atomic E-state index is 12.0. The first-order chi connectivity index (χ1) is 13.5. The lowest BCUT2D eigenvalue weighted by Gasteiger charge is -2.36. The first-order valence-electron chi connectivity index (χ1n) is 10.1. The lowest BCUT2D eigenvalue weighted by Crippen LogP contribution is -2.40. The van der Waals surface area contributed by atoms with Crippen LogP contribution >= 0.6 is 0 Å². The van der Waals surface area contributed by atoms with Gasteiger partial charge in [-0.25, -0.2) is 4.79 Å². The highest BCUT2D eigenvalue weighted by molar-refractivity contribution is 6.05. The number of amides is 3. The molecule has 2 fully saturated rings. The van der Waals surface area contributed by atoms with E-state index < -0.39 is 5.91 Å². The molecule has 2 atom stereocenters. The molecule has 2 unspecified atom stereocenters. The van der Waals surface area contributed by atoms with Crippen molar-refractivity contribution in [2.24, 2.45) is 5.73 Å². The number of anilines is 1. The van der Waals surface area contributed by atoms with Crippen molar-refractivity contribution in [3.63, 3.8) is 0 Å². The van der Waals surface area contributed by atoms with E-state index in [0.717, 1.165) is 30.2 Å². The number of hydrogen-bond acceptors (Lipinski definition) is 4. The Balaban J connectivity index is 1.68. The maximum Gasteiger partial charge on any atom is 0.319 e. The summed E-state index contributed by atoms with van der Waals surface area (Å²) in [6.07, 6.45) is 5.32. The third kappa shape index (κ3) is 3.32. The van der Waals surface area contributed by atoms with E-state index in [4.69, 9.17) is 5.73 Å². The van der Waals surface area contributed by atoms with Gasteiger partial charge in [0.15, 0.2) is 5.69 Å². The van der Waals surface area contributed by atoms with E-state index in [1.807, 2.05) is 23.7 Å². The number of benzene rings is 1. The van der Waals surface area contributed by atoms with E-state index >= 15 is 0 Å². The summed E-state index contributed by atoms with van der Waals surface area (Å²) in [5.74, 6) is -0.527. The van der Waals surface area contributed by atoms with Gasteiger partial charge in [-0.3, -0.25) is 9.48 Å². The lowest BCUT2D eigenvalue weighted by molar-refractivity contribution is 0.0993. The Hall–Kier alpha value is -2.61. The number of aromatic nitrogens is 2. The van der Waals surface area contributed by atoms with Crippen LogP contribution in [0.3, 0.4) is 0 Å². The molecule has 2 saturated heterocycles. The van der Waals surface area contributed by atoms with Crippen molar-refractivity contribution in [1.82, 2.24) is 20.0 Å². The number of carbonyl (C=O) groups excluding carboxylic acids is 2. The summed E-state index contributed by atoms with van der Waals surface area (Å²) < 4.78 is 1.96. The van der Waals surface area contributed by atoms with Crippen molar-refractivity contribution in [2.45, 2.75) is 57.2 Å². The fourth-order valence-electron chi connectivity index (χ4n) is 4.67. The number of fused-ring (bicyclic) bond motifs is 3. The van der Waals surface area contributed by atoms with Gasteiger partial charge in [0, 0.05) is 29.7 Å². The average molecular weight is 384 g/mol. The minimum absolute atomic E-state index is 0.230. The van der Waals surface area contributed by atoms with Gasteiger partial charge in [0.25, 0.3) is 5.91 Å². The highest BCUT2D eigenvalue weighted by Gasteiger charge is 2.40. The van der Waals surface area contributed by atoms with Gasteiger partial charge in [-0.05, 0) is 57.4 Å². The van der Waals surface area contributed by atoms with Gasteiger partial charge in [-0.2, -0.15) is 5.10 Å². The van der Waals surface area contributed by atoms with Crippen molar-refractivity contribution in [2.75, 3.05) is 18.9 Å². The molecule has 0 radical (unpaired) electrons. The Kier molecular flexibility index (Phi) is 4.97. The fraction of sp³-hybridized carbons (Fsp3) is 0.550. The Labute approximate surface area is 164 Å². The van der Waals surface area contributed by atoms with Gasteiger partial charge in [-0.15, -0.1) is 0 Å². The van der Waals surface area contributed by atoms with Crippen molar-refractivity contribution >= 4 is 28.5 Å². The van der Waals surface area contributed by atoms with E-state index in [9.17, 15) is 9.59 Å². The summed E-state index contributed by atoms with van der Waals surface area (Å²) in [4.78, 5) is 26.4. The molecule has 2 aliphatic heterocycles. The molecule has 150 valence electrons. The third-order valence-electron chi connectivity index (χ3n) is 6.15. The van der Waals surface area contributed by atoms with Gasteiger partial charge in [-0.1, -0.05) is 6.92 Å². The van der Waals surface area contributed by atoms with Crippen LogP contribution in [-0.4, -0.2) is 52.3 Å². The minimum atomic E-state index is -0.527. The number of nitrogens with zero attached hydrogens (tertiary/aromatic N) is 3. The van der Waals surface area contributed by atoms with Gasteiger partial charge in [0.1, 0.15) is 0 Å². The van der Waals surface area contributed by atoms with E-state index in [0.29, 0.717) is 30.0 Å². The second kappa shape index (κ2) is 7.43. The first kappa shape index (κ1) is 18.7. The number of urea groups is 1. The molecular weight excluding hydrogens is 356 g/mol. The van der Waals surface area contributed by atoms with Crippen molar-refractivity contribution in [1.29, 1.82) is 0 Å². The molecule has 3 heterocycles. The van der Waals surface area contributed by atoms with Gasteiger partial charge < -0.3 is 21.3 Å². The highest BCUT2D eigenvalue weighted by atomic mass is 16.2. The number of nitrogens with one attached hydrogen (secondary N) is 2. The maximum atomic E-state index is 12.0. The Bertz CT molecular complexity index is 893. The molecule has 1 aromatic carbocycles. The number of rotatable bonds is 5. The average Bonchev–Trinajstić information content (AvgIpc) is 3.12. The van der Waals surface area contributed by atoms with E-state index in [1.165, 1.54) is 12.8 Å². The van der Waals surface area contributed by atoms with Crippen LogP contribution in [-0.2, 0) is 0 Å². The molecule has 2 bridgehead atoms. The van der Waals surface area contributed by atoms with Crippen LogP contribution in [0, 0.1) is 0 Å². The largest absolute Gasteiger partial charge is 0.364 e. The van der Waals surface area contributed by atoms with E-state index in [2.05, 4.69) is 27.7 Å². The van der Waals surface area contributed by atoms with E-state index in [1.54, 1.807) is 6.07 Å². The number of carbonyl (C=O) groups is 2. The second-order valence-electron chi connectivity index (χ2n) is 7.95. The summed E-state index contributed by atoms with van der Waals surface area (Å²) in [7, 11) is 2.20. The van der Waals surface area contributed by atoms with Crippen LogP contribution in [0.2, 0.25) is 0 Å². The van der Waals surface area contributed by atoms with Gasteiger partial charge in [0.2, 0.25) is 0 Å². The van der Waals surface area contributed by atoms with Crippen LogP contribution in [0.25, 0.3) is 10.9 Å². The van der Waals surface area contributed by atoms with Crippen molar-refractivity contribution in [3.8, 4) is 0 Å². The van der Waals surface area contributed by atoms with Gasteiger partial charge >= 0.3 is 6.03 Å². The number of piperidine rings is 1. The molecule has 28 heavy (non-hydrogen) atoms. The predicted octanol–water partition coefficient (Wildman–Crippen LogP) is 2.46. The Morgan fingerprint density at radius 1 is 1.21 bits per heavy atom. The van der Waals surface area contributed by atoms with Crippen LogP contribution in [0.5, 0.6) is 0 Å². The lowest BCUT2D eigenvalue weighted by atomic mass is 9.98. The molecular formula is C20H28N6O2. The quantitative estimate of drug-likeness (QED) is 0.736. The number of hydrogen-bond donors (Lipinski definition) is 3. The van der Waals surface area contributed by atoms with Crippen molar-refractivity contribution in [3.05, 3.63) is 23.9 Å². The van der Waals surface area contributed by atoms with E-state index in [-0.39, 0.29) is 12.1 Å². The topological polar surface area (TPSA) is 105 Å². The molecule has 2 aliphatic rings. The molecule has 2 aromatic rings. The zero-order chi connectivity index (χ0) is 19.8. The third-order valence-corrected chi connectivity index (χ3v) is 6.15. The van der Waals surface area contributed by atoms with Gasteiger partial charge in [0.05, 0.1) is 11.6 Å². The zero-order valence-corrected chi connectivity index (χ0v) is 16.4. The summed E-state index contributed by atoms with van der Waals surface area (Å²) in [5, 5.41) is 11.0. The highest BCUT2D eigenvalue weighted by Crippen LogP contribution is 2.41. The molecule has 4 rings (SSSR count). The molecule has 0 spiro atoms. The summed E-state index contributed by atoms with van der Waals surface area (Å²) >= 11 is 0. The van der Waals surface area contributed by atoms with Crippen LogP contribution < -0.4 is 16.4 Å². The fourth-order valence-corrected chi connectivity index (χ4v) is 4.67. The SMILES string of the molecule is CCCNC(=O)Nc1ccc2c(C(N)=O)nn(C3CC4CCC(C3)N4C)c2c1. The number of nitrogens with two attached hydrogens (primary N) is 1. The summed E-state index contributed by atoms with van der Waals surface area (Å²) in [5.41, 5.74) is 7.40. The molecule has 4 N–H and O–H groups in total. The van der Waals surface area contributed by atoms with Crippen LogP contribution in [0.4, 0.5) is 10.5 Å². The van der Waals surface area contributed by atoms with Crippen molar-refractivity contribution < 1.29 is 9.59 Å². The Morgan fingerprint density at radius 3 is 2.57 bits per heavy atom. The predicted molar refractivity (Wildman–Crippen MR) is 108 cm³/mol. The molecule has 3 amide bonds. The van der Waals surface area contributed by atoms with Crippen LogP contribution in [0.15, 0.2) is 18.2 Å². The summed E-state index contributed by atoms with van der Waals surface area (Å²) in [6, 6.07) is 6.60. The summed E-state index contributed by atoms with van der Waals surface area (Å²) in [6.45, 7) is 2.63. The first-order valence-corrected chi connectivity index (χ1v) is 10.1.